The van der Waals surface area contributed by atoms with Crippen LogP contribution < -0.4 is 0 Å². The lowest BCUT2D eigenvalue weighted by Gasteiger charge is -2.05. The van der Waals surface area contributed by atoms with E-state index in [1.165, 1.54) is 5.56 Å². The van der Waals surface area contributed by atoms with E-state index in [0.29, 0.717) is 12.2 Å². The Balaban J connectivity index is 2.38. The number of aryl methyl sites for hydroxylation is 2. The minimum atomic E-state index is -0.824. The van der Waals surface area contributed by atoms with Crippen LogP contribution in [0, 0.1) is 6.92 Å². The molecule has 106 valence electrons. The van der Waals surface area contributed by atoms with Gasteiger partial charge >= 0.3 is 5.97 Å². The summed E-state index contributed by atoms with van der Waals surface area (Å²) in [4.78, 5) is 15.2. The van der Waals surface area contributed by atoms with Gasteiger partial charge < -0.3 is 5.11 Å². The zero-order chi connectivity index (χ0) is 14.7. The Morgan fingerprint density at radius 3 is 2.50 bits per heavy atom. The number of nitrogens with zero attached hydrogens (tertiary/aromatic N) is 3. The number of aromatic nitrogens is 3. The molecule has 0 saturated heterocycles. The van der Waals surface area contributed by atoms with Gasteiger partial charge in [-0.15, -0.1) is 0 Å². The Bertz CT molecular complexity index is 600. The zero-order valence-electron chi connectivity index (χ0n) is 12.0. The molecule has 5 nitrogen and oxygen atoms in total. The molecule has 0 amide bonds. The Labute approximate surface area is 118 Å². The fourth-order valence-electron chi connectivity index (χ4n) is 1.88. The fourth-order valence-corrected chi connectivity index (χ4v) is 1.88. The first-order valence-corrected chi connectivity index (χ1v) is 6.72. The van der Waals surface area contributed by atoms with Gasteiger partial charge in [0.05, 0.1) is 12.1 Å². The third-order valence-corrected chi connectivity index (χ3v) is 3.05. The van der Waals surface area contributed by atoms with E-state index >= 15 is 0 Å². The van der Waals surface area contributed by atoms with E-state index in [0.717, 1.165) is 11.5 Å². The number of carboxylic acid groups (broad SMARTS) is 1. The molecule has 2 aromatic rings. The van der Waals surface area contributed by atoms with Gasteiger partial charge in [0, 0.05) is 12.3 Å². The second kappa shape index (κ2) is 5.86. The number of carbonyl (C=O) groups is 1. The molecule has 0 aliphatic carbocycles. The molecule has 20 heavy (non-hydrogen) atoms. The first kappa shape index (κ1) is 14.2. The molecule has 1 aromatic heterocycles. The van der Waals surface area contributed by atoms with Crippen LogP contribution in [-0.4, -0.2) is 25.8 Å². The first-order valence-electron chi connectivity index (χ1n) is 6.72. The van der Waals surface area contributed by atoms with Crippen molar-refractivity contribution >= 4 is 5.97 Å². The predicted octanol–water partition coefficient (Wildman–Crippen LogP) is 2.72. The SMILES string of the molecule is Cc1ccc(-n2nc(C(C)C)nc2CCC(=O)O)cc1. The lowest BCUT2D eigenvalue weighted by Crippen LogP contribution is -2.06. The van der Waals surface area contributed by atoms with Crippen LogP contribution in [0.25, 0.3) is 5.69 Å². The van der Waals surface area contributed by atoms with E-state index in [2.05, 4.69) is 10.1 Å². The molecule has 0 saturated carbocycles. The van der Waals surface area contributed by atoms with Gasteiger partial charge in [-0.1, -0.05) is 31.5 Å². The summed E-state index contributed by atoms with van der Waals surface area (Å²) in [5.74, 6) is 0.825. The molecule has 1 heterocycles. The maximum atomic E-state index is 10.7. The molecule has 0 radical (unpaired) electrons. The van der Waals surface area contributed by atoms with Crippen LogP contribution in [0.5, 0.6) is 0 Å². The molecule has 0 fully saturated rings. The molecule has 1 N–H and O–H groups in total. The summed E-state index contributed by atoms with van der Waals surface area (Å²) in [5, 5.41) is 13.3. The van der Waals surface area contributed by atoms with Crippen molar-refractivity contribution in [1.82, 2.24) is 14.8 Å². The van der Waals surface area contributed by atoms with E-state index in [-0.39, 0.29) is 12.3 Å². The van der Waals surface area contributed by atoms with Crippen molar-refractivity contribution in [3.05, 3.63) is 41.5 Å². The largest absolute Gasteiger partial charge is 0.481 e. The summed E-state index contributed by atoms with van der Waals surface area (Å²) in [6, 6.07) is 7.96. The van der Waals surface area contributed by atoms with E-state index in [1.54, 1.807) is 4.68 Å². The third kappa shape index (κ3) is 3.23. The van der Waals surface area contributed by atoms with Crippen molar-refractivity contribution in [3.8, 4) is 5.69 Å². The highest BCUT2D eigenvalue weighted by molar-refractivity contribution is 5.66. The molecular formula is C15H19N3O2. The molecule has 0 aliphatic rings. The van der Waals surface area contributed by atoms with Gasteiger partial charge in [0.1, 0.15) is 5.82 Å². The smallest absolute Gasteiger partial charge is 0.303 e. The highest BCUT2D eigenvalue weighted by Crippen LogP contribution is 2.16. The maximum Gasteiger partial charge on any atom is 0.303 e. The Kier molecular flexibility index (Phi) is 4.17. The van der Waals surface area contributed by atoms with E-state index < -0.39 is 5.97 Å². The van der Waals surface area contributed by atoms with Gasteiger partial charge in [-0.05, 0) is 19.1 Å². The van der Waals surface area contributed by atoms with Crippen LogP contribution in [0.4, 0.5) is 0 Å². The highest BCUT2D eigenvalue weighted by Gasteiger charge is 2.14. The van der Waals surface area contributed by atoms with E-state index in [9.17, 15) is 4.79 Å². The van der Waals surface area contributed by atoms with Gasteiger partial charge in [0.15, 0.2) is 5.82 Å². The van der Waals surface area contributed by atoms with Crippen LogP contribution in [-0.2, 0) is 11.2 Å². The Morgan fingerprint density at radius 2 is 1.95 bits per heavy atom. The number of hydrogen-bond donors (Lipinski definition) is 1. The number of rotatable bonds is 5. The van der Waals surface area contributed by atoms with E-state index in [4.69, 9.17) is 5.11 Å². The fraction of sp³-hybridized carbons (Fsp3) is 0.400. The van der Waals surface area contributed by atoms with Crippen molar-refractivity contribution in [2.75, 3.05) is 0 Å². The normalized spacial score (nSPS) is 11.0. The van der Waals surface area contributed by atoms with Crippen molar-refractivity contribution < 1.29 is 9.90 Å². The average molecular weight is 273 g/mol. The van der Waals surface area contributed by atoms with Crippen LogP contribution >= 0.6 is 0 Å². The second-order valence-electron chi connectivity index (χ2n) is 5.18. The summed E-state index contributed by atoms with van der Waals surface area (Å²) >= 11 is 0. The molecule has 1 aromatic carbocycles. The number of aliphatic carboxylic acids is 1. The quantitative estimate of drug-likeness (QED) is 0.909. The summed E-state index contributed by atoms with van der Waals surface area (Å²) < 4.78 is 1.75. The minimum Gasteiger partial charge on any atom is -0.481 e. The lowest BCUT2D eigenvalue weighted by atomic mass is 10.2. The molecule has 2 rings (SSSR count). The monoisotopic (exact) mass is 273 g/mol. The molecular weight excluding hydrogens is 254 g/mol. The summed E-state index contributed by atoms with van der Waals surface area (Å²) in [6.07, 6.45) is 0.436. The summed E-state index contributed by atoms with van der Waals surface area (Å²) in [7, 11) is 0. The van der Waals surface area contributed by atoms with E-state index in [1.807, 2.05) is 45.0 Å². The van der Waals surface area contributed by atoms with Crippen molar-refractivity contribution in [3.63, 3.8) is 0 Å². The van der Waals surface area contributed by atoms with Crippen molar-refractivity contribution in [2.45, 2.75) is 39.5 Å². The Hall–Kier alpha value is -2.17. The lowest BCUT2D eigenvalue weighted by molar-refractivity contribution is -0.137. The summed E-state index contributed by atoms with van der Waals surface area (Å²) in [6.45, 7) is 6.07. The van der Waals surface area contributed by atoms with Gasteiger partial charge in [-0.3, -0.25) is 4.79 Å². The van der Waals surface area contributed by atoms with Crippen LogP contribution in [0.2, 0.25) is 0 Å². The number of benzene rings is 1. The molecule has 5 heteroatoms. The van der Waals surface area contributed by atoms with Crippen LogP contribution in [0.15, 0.2) is 24.3 Å². The average Bonchev–Trinajstić information content (AvgIpc) is 2.81. The molecule has 0 atom stereocenters. The van der Waals surface area contributed by atoms with Gasteiger partial charge in [-0.25, -0.2) is 9.67 Å². The first-order chi connectivity index (χ1) is 9.47. The predicted molar refractivity (Wildman–Crippen MR) is 76.1 cm³/mol. The van der Waals surface area contributed by atoms with Gasteiger partial charge in [0.25, 0.3) is 0 Å². The topological polar surface area (TPSA) is 68.0 Å². The van der Waals surface area contributed by atoms with Crippen LogP contribution in [0.3, 0.4) is 0 Å². The second-order valence-corrected chi connectivity index (χ2v) is 5.18. The van der Waals surface area contributed by atoms with Gasteiger partial charge in [-0.2, -0.15) is 5.10 Å². The zero-order valence-corrected chi connectivity index (χ0v) is 12.0. The number of hydrogen-bond acceptors (Lipinski definition) is 3. The Morgan fingerprint density at radius 1 is 1.30 bits per heavy atom. The van der Waals surface area contributed by atoms with Crippen molar-refractivity contribution in [2.24, 2.45) is 0 Å². The standard InChI is InChI=1S/C15H19N3O2/c1-10(2)15-16-13(8-9-14(19)20)18(17-15)12-6-4-11(3)5-7-12/h4-7,10H,8-9H2,1-3H3,(H,19,20). The molecule has 0 unspecified atom stereocenters. The van der Waals surface area contributed by atoms with Gasteiger partial charge in [0.2, 0.25) is 0 Å². The molecule has 0 aliphatic heterocycles. The highest BCUT2D eigenvalue weighted by atomic mass is 16.4. The van der Waals surface area contributed by atoms with Crippen molar-refractivity contribution in [1.29, 1.82) is 0 Å². The van der Waals surface area contributed by atoms with Crippen LogP contribution in [0.1, 0.15) is 43.4 Å². The number of carboxylic acids is 1. The molecule has 0 bridgehead atoms. The third-order valence-electron chi connectivity index (χ3n) is 3.05. The molecule has 0 spiro atoms. The minimum absolute atomic E-state index is 0.0576. The maximum absolute atomic E-state index is 10.7. The summed E-state index contributed by atoms with van der Waals surface area (Å²) in [5.41, 5.74) is 2.08.